The average molecular weight is 305 g/mol. The molecule has 23 heavy (non-hydrogen) atoms. The van der Waals surface area contributed by atoms with Crippen molar-refractivity contribution in [3.8, 4) is 16.9 Å². The van der Waals surface area contributed by atoms with Crippen LogP contribution in [0, 0.1) is 13.8 Å². The minimum Gasteiger partial charge on any atom is -0.507 e. The normalized spacial score (nSPS) is 14.1. The highest BCUT2D eigenvalue weighted by molar-refractivity contribution is 5.82. The molecule has 1 aliphatic rings. The van der Waals surface area contributed by atoms with Crippen LogP contribution in [0.3, 0.4) is 0 Å². The van der Waals surface area contributed by atoms with Crippen molar-refractivity contribution in [3.63, 3.8) is 0 Å². The summed E-state index contributed by atoms with van der Waals surface area (Å²) < 4.78 is 0. The van der Waals surface area contributed by atoms with Gasteiger partial charge in [0.05, 0.1) is 17.2 Å². The van der Waals surface area contributed by atoms with Gasteiger partial charge in [-0.05, 0) is 66.8 Å². The second-order valence-electron chi connectivity index (χ2n) is 6.23. The third-order valence-corrected chi connectivity index (χ3v) is 4.53. The summed E-state index contributed by atoms with van der Waals surface area (Å²) in [6.07, 6.45) is 3.09. The zero-order chi connectivity index (χ0) is 16.0. The van der Waals surface area contributed by atoms with E-state index in [1.807, 2.05) is 38.2 Å². The van der Waals surface area contributed by atoms with Crippen LogP contribution in [0.15, 0.2) is 36.5 Å². The summed E-state index contributed by atoms with van der Waals surface area (Å²) in [6, 6.07) is 10.2. The second kappa shape index (κ2) is 5.23. The lowest BCUT2D eigenvalue weighted by Crippen LogP contribution is -2.37. The van der Waals surface area contributed by atoms with Gasteiger partial charge in [0.15, 0.2) is 0 Å². The van der Waals surface area contributed by atoms with E-state index < -0.39 is 0 Å². The van der Waals surface area contributed by atoms with Gasteiger partial charge in [0.1, 0.15) is 11.6 Å². The zero-order valence-corrected chi connectivity index (χ0v) is 13.4. The molecule has 2 aromatic carbocycles. The first kappa shape index (κ1) is 14.0. The lowest BCUT2D eigenvalue weighted by molar-refractivity contribution is 0.467. The standard InChI is InChI=1S/C19H19N3O/c1-12-8-15(9-13(2)19(12)23)14-4-5-16-17(10-14)21-18(11-20-16)22-6-3-7-22/h4-5,8-11,23H,3,6-7H2,1-2H3. The van der Waals surface area contributed by atoms with Crippen molar-refractivity contribution < 1.29 is 5.11 Å². The lowest BCUT2D eigenvalue weighted by atomic mass is 9.99. The van der Waals surface area contributed by atoms with Crippen molar-refractivity contribution in [2.24, 2.45) is 0 Å². The maximum absolute atomic E-state index is 9.95. The molecule has 1 saturated heterocycles. The Morgan fingerprint density at radius 2 is 1.70 bits per heavy atom. The number of anilines is 1. The summed E-state index contributed by atoms with van der Waals surface area (Å²) in [6.45, 7) is 5.98. The van der Waals surface area contributed by atoms with E-state index in [1.165, 1.54) is 6.42 Å². The Morgan fingerprint density at radius 3 is 2.35 bits per heavy atom. The molecule has 4 heteroatoms. The van der Waals surface area contributed by atoms with Crippen molar-refractivity contribution in [3.05, 3.63) is 47.7 Å². The monoisotopic (exact) mass is 305 g/mol. The largest absolute Gasteiger partial charge is 0.507 e. The van der Waals surface area contributed by atoms with Crippen LogP contribution in [-0.4, -0.2) is 28.2 Å². The van der Waals surface area contributed by atoms with Crippen LogP contribution in [0.4, 0.5) is 5.82 Å². The minimum atomic E-state index is 0.370. The Labute approximate surface area is 135 Å². The Balaban J connectivity index is 1.81. The third-order valence-electron chi connectivity index (χ3n) is 4.53. The highest BCUT2D eigenvalue weighted by Gasteiger charge is 2.16. The molecule has 0 unspecified atom stereocenters. The summed E-state index contributed by atoms with van der Waals surface area (Å²) in [7, 11) is 0. The number of phenolic OH excluding ortho intramolecular Hbond substituents is 1. The maximum Gasteiger partial charge on any atom is 0.147 e. The van der Waals surface area contributed by atoms with Crippen LogP contribution in [0.25, 0.3) is 22.2 Å². The van der Waals surface area contributed by atoms with Crippen molar-refractivity contribution >= 4 is 16.9 Å². The molecule has 0 atom stereocenters. The smallest absolute Gasteiger partial charge is 0.147 e. The molecule has 1 aromatic heterocycles. The number of aromatic hydroxyl groups is 1. The molecular formula is C19H19N3O. The van der Waals surface area contributed by atoms with Gasteiger partial charge in [-0.15, -0.1) is 0 Å². The molecule has 0 amide bonds. The summed E-state index contributed by atoms with van der Waals surface area (Å²) >= 11 is 0. The van der Waals surface area contributed by atoms with E-state index in [0.717, 1.165) is 52.2 Å². The number of benzene rings is 2. The van der Waals surface area contributed by atoms with E-state index in [0.29, 0.717) is 5.75 Å². The van der Waals surface area contributed by atoms with Gasteiger partial charge in [-0.2, -0.15) is 0 Å². The first-order valence-electron chi connectivity index (χ1n) is 7.94. The lowest BCUT2D eigenvalue weighted by Gasteiger charge is -2.31. The van der Waals surface area contributed by atoms with Crippen LogP contribution in [-0.2, 0) is 0 Å². The van der Waals surface area contributed by atoms with Gasteiger partial charge in [-0.1, -0.05) is 6.07 Å². The summed E-state index contributed by atoms with van der Waals surface area (Å²) in [5.41, 5.74) is 5.79. The van der Waals surface area contributed by atoms with Crippen LogP contribution in [0.5, 0.6) is 5.75 Å². The van der Waals surface area contributed by atoms with Gasteiger partial charge in [-0.25, -0.2) is 4.98 Å². The molecule has 2 heterocycles. The summed E-state index contributed by atoms with van der Waals surface area (Å²) in [5.74, 6) is 1.33. The zero-order valence-electron chi connectivity index (χ0n) is 13.4. The number of nitrogens with zero attached hydrogens (tertiary/aromatic N) is 3. The van der Waals surface area contributed by atoms with Gasteiger partial charge in [0, 0.05) is 13.1 Å². The van der Waals surface area contributed by atoms with Crippen LogP contribution >= 0.6 is 0 Å². The maximum atomic E-state index is 9.95. The van der Waals surface area contributed by atoms with E-state index >= 15 is 0 Å². The van der Waals surface area contributed by atoms with Gasteiger partial charge in [0.25, 0.3) is 0 Å². The molecule has 1 fully saturated rings. The molecular weight excluding hydrogens is 286 g/mol. The van der Waals surface area contributed by atoms with Crippen molar-refractivity contribution in [1.29, 1.82) is 0 Å². The molecule has 0 saturated carbocycles. The molecule has 1 aliphatic heterocycles. The fraction of sp³-hybridized carbons (Fsp3) is 0.263. The number of hydrogen-bond donors (Lipinski definition) is 1. The summed E-state index contributed by atoms with van der Waals surface area (Å²) in [4.78, 5) is 11.5. The van der Waals surface area contributed by atoms with Crippen molar-refractivity contribution in [1.82, 2.24) is 9.97 Å². The molecule has 0 bridgehead atoms. The average Bonchev–Trinajstić information content (AvgIpc) is 2.50. The summed E-state index contributed by atoms with van der Waals surface area (Å²) in [5, 5.41) is 9.95. The van der Waals surface area contributed by atoms with Crippen molar-refractivity contribution in [2.75, 3.05) is 18.0 Å². The van der Waals surface area contributed by atoms with Crippen molar-refractivity contribution in [2.45, 2.75) is 20.3 Å². The minimum absolute atomic E-state index is 0.370. The van der Waals surface area contributed by atoms with Crippen LogP contribution in [0.2, 0.25) is 0 Å². The molecule has 0 aliphatic carbocycles. The Hall–Kier alpha value is -2.62. The third kappa shape index (κ3) is 2.40. The molecule has 116 valence electrons. The number of fused-ring (bicyclic) bond motifs is 1. The second-order valence-corrected chi connectivity index (χ2v) is 6.23. The number of rotatable bonds is 2. The molecule has 4 nitrogen and oxygen atoms in total. The van der Waals surface area contributed by atoms with E-state index in [1.54, 1.807) is 0 Å². The molecule has 4 rings (SSSR count). The molecule has 0 spiro atoms. The van der Waals surface area contributed by atoms with Gasteiger partial charge < -0.3 is 10.0 Å². The number of phenols is 1. The van der Waals surface area contributed by atoms with Crippen LogP contribution < -0.4 is 4.90 Å². The number of aromatic nitrogens is 2. The number of aryl methyl sites for hydroxylation is 2. The van der Waals surface area contributed by atoms with E-state index in [-0.39, 0.29) is 0 Å². The first-order valence-corrected chi connectivity index (χ1v) is 7.94. The Morgan fingerprint density at radius 1 is 0.957 bits per heavy atom. The predicted molar refractivity (Wildman–Crippen MR) is 92.9 cm³/mol. The Kier molecular flexibility index (Phi) is 3.18. The predicted octanol–water partition coefficient (Wildman–Crippen LogP) is 3.83. The van der Waals surface area contributed by atoms with E-state index in [4.69, 9.17) is 4.98 Å². The highest BCUT2D eigenvalue weighted by Crippen LogP contribution is 2.30. The van der Waals surface area contributed by atoms with Crippen LogP contribution in [0.1, 0.15) is 17.5 Å². The van der Waals surface area contributed by atoms with E-state index in [2.05, 4.69) is 22.0 Å². The quantitative estimate of drug-likeness (QED) is 0.781. The van der Waals surface area contributed by atoms with Gasteiger partial charge in [-0.3, -0.25) is 4.98 Å². The Bertz CT molecular complexity index is 877. The fourth-order valence-corrected chi connectivity index (χ4v) is 3.00. The topological polar surface area (TPSA) is 49.2 Å². The van der Waals surface area contributed by atoms with Gasteiger partial charge in [0.2, 0.25) is 0 Å². The van der Waals surface area contributed by atoms with Gasteiger partial charge >= 0.3 is 0 Å². The highest BCUT2D eigenvalue weighted by atomic mass is 16.3. The fourth-order valence-electron chi connectivity index (χ4n) is 3.00. The SMILES string of the molecule is Cc1cc(-c2ccc3ncc(N4CCC4)nc3c2)cc(C)c1O. The number of hydrogen-bond acceptors (Lipinski definition) is 4. The molecule has 0 radical (unpaired) electrons. The first-order chi connectivity index (χ1) is 11.1. The molecule has 1 N–H and O–H groups in total. The van der Waals surface area contributed by atoms with E-state index in [9.17, 15) is 5.11 Å². The molecule has 3 aromatic rings.